The molecule has 0 aliphatic rings. The van der Waals surface area contributed by atoms with Crippen LogP contribution in [0.5, 0.6) is 11.5 Å². The Balaban J connectivity index is 2.22. The van der Waals surface area contributed by atoms with E-state index in [0.717, 1.165) is 16.7 Å². The Bertz CT molecular complexity index is 736. The molecule has 1 N–H and O–H groups in total. The van der Waals surface area contributed by atoms with Crippen molar-refractivity contribution in [2.45, 2.75) is 59.0 Å². The second-order valence-electron chi connectivity index (χ2n) is 8.44. The highest BCUT2D eigenvalue weighted by atomic mass is 31.1. The van der Waals surface area contributed by atoms with Gasteiger partial charge < -0.3 is 5.11 Å². The zero-order valence-electron chi connectivity index (χ0n) is 16.4. The van der Waals surface area contributed by atoms with Gasteiger partial charge in [-0.05, 0) is 51.8 Å². The molecule has 0 saturated heterocycles. The maximum Gasteiger partial charge on any atom is 0.750 e. The predicted octanol–water partition coefficient (Wildman–Crippen LogP) is 6.24. The van der Waals surface area contributed by atoms with Crippen LogP contribution in [0.25, 0.3) is 0 Å². The van der Waals surface area contributed by atoms with Gasteiger partial charge in [0.2, 0.25) is 0 Å². The van der Waals surface area contributed by atoms with E-state index in [1.54, 1.807) is 12.1 Å². The average Bonchev–Trinajstić information content (AvgIpc) is 2.52. The topological polar surface area (TPSA) is 55.8 Å². The lowest BCUT2D eigenvalue weighted by atomic mass is 9.78. The van der Waals surface area contributed by atoms with Crippen molar-refractivity contribution in [3.63, 3.8) is 0 Å². The summed E-state index contributed by atoms with van der Waals surface area (Å²) in [6.45, 7) is 12.5. The molecule has 140 valence electrons. The van der Waals surface area contributed by atoms with Gasteiger partial charge >= 0.3 is 8.25 Å². The third-order valence-electron chi connectivity index (χ3n) is 4.05. The highest BCUT2D eigenvalue weighted by Gasteiger charge is 2.28. The van der Waals surface area contributed by atoms with Crippen molar-refractivity contribution in [1.29, 1.82) is 0 Å². The molecule has 2 aromatic rings. The van der Waals surface area contributed by atoms with Gasteiger partial charge in [0.15, 0.2) is 5.75 Å². The Morgan fingerprint density at radius 3 is 1.88 bits per heavy atom. The Kier molecular flexibility index (Phi) is 6.10. The summed E-state index contributed by atoms with van der Waals surface area (Å²) >= 11 is 0. The standard InChI is InChI=1S/C21H27O4P/c1-20(2,3)17-12-15(13-18(19(17)22)21(4,5)6)14-24-26(23)25-16-10-8-7-9-11-16/h7-13H,14H2,1-6H3/p+1. The number of hydrogen-bond donors (Lipinski definition) is 1. The van der Waals surface area contributed by atoms with Crippen LogP contribution in [0.15, 0.2) is 42.5 Å². The summed E-state index contributed by atoms with van der Waals surface area (Å²) in [6, 6.07) is 12.8. The number of phenolic OH excluding ortho intramolecular Hbond substituents is 1. The number of rotatable bonds is 5. The normalized spacial score (nSPS) is 12.8. The molecule has 2 aromatic carbocycles. The van der Waals surface area contributed by atoms with Gasteiger partial charge in [0.25, 0.3) is 0 Å². The zero-order valence-corrected chi connectivity index (χ0v) is 17.3. The first-order chi connectivity index (χ1) is 12.0. The molecule has 1 atom stereocenters. The molecule has 0 aliphatic heterocycles. The molecule has 0 aliphatic carbocycles. The van der Waals surface area contributed by atoms with Crippen LogP contribution in [-0.4, -0.2) is 5.11 Å². The monoisotopic (exact) mass is 375 g/mol. The minimum Gasteiger partial charge on any atom is -0.507 e. The second-order valence-corrected chi connectivity index (χ2v) is 9.33. The highest BCUT2D eigenvalue weighted by molar-refractivity contribution is 7.33. The number of aromatic hydroxyl groups is 1. The summed E-state index contributed by atoms with van der Waals surface area (Å²) in [5, 5.41) is 10.7. The van der Waals surface area contributed by atoms with Crippen molar-refractivity contribution in [3.8, 4) is 11.5 Å². The summed E-state index contributed by atoms with van der Waals surface area (Å²) in [5.41, 5.74) is 2.12. The van der Waals surface area contributed by atoms with E-state index in [1.165, 1.54) is 0 Å². The van der Waals surface area contributed by atoms with E-state index in [4.69, 9.17) is 9.05 Å². The molecule has 0 fully saturated rings. The lowest BCUT2D eigenvalue weighted by molar-refractivity contribution is 0.276. The van der Waals surface area contributed by atoms with Gasteiger partial charge in [0.1, 0.15) is 12.4 Å². The number of phenols is 1. The van der Waals surface area contributed by atoms with Crippen molar-refractivity contribution in [2.24, 2.45) is 0 Å². The number of benzene rings is 2. The lowest BCUT2D eigenvalue weighted by Crippen LogP contribution is -2.18. The van der Waals surface area contributed by atoms with Crippen molar-refractivity contribution in [2.75, 3.05) is 0 Å². The van der Waals surface area contributed by atoms with Crippen LogP contribution in [0, 0.1) is 0 Å². The van der Waals surface area contributed by atoms with Crippen LogP contribution in [-0.2, 0) is 26.5 Å². The molecule has 0 bridgehead atoms. The number of para-hydroxylation sites is 1. The van der Waals surface area contributed by atoms with Crippen LogP contribution < -0.4 is 4.52 Å². The smallest absolute Gasteiger partial charge is 0.507 e. The van der Waals surface area contributed by atoms with Crippen molar-refractivity contribution < 1.29 is 18.7 Å². The second kappa shape index (κ2) is 7.77. The van der Waals surface area contributed by atoms with E-state index in [1.807, 2.05) is 30.3 Å². The Labute approximate surface area is 157 Å². The van der Waals surface area contributed by atoms with E-state index in [0.29, 0.717) is 11.5 Å². The molecular weight excluding hydrogens is 347 g/mol. The summed E-state index contributed by atoms with van der Waals surface area (Å²) in [4.78, 5) is 0. The van der Waals surface area contributed by atoms with Gasteiger partial charge in [0.05, 0.1) is 0 Å². The van der Waals surface area contributed by atoms with E-state index in [-0.39, 0.29) is 17.4 Å². The molecule has 0 heterocycles. The van der Waals surface area contributed by atoms with Gasteiger partial charge in [-0.1, -0.05) is 59.7 Å². The fourth-order valence-electron chi connectivity index (χ4n) is 2.64. The van der Waals surface area contributed by atoms with Crippen LogP contribution in [0.3, 0.4) is 0 Å². The van der Waals surface area contributed by atoms with Crippen LogP contribution in [0.4, 0.5) is 0 Å². The van der Waals surface area contributed by atoms with Gasteiger partial charge in [-0.3, -0.25) is 0 Å². The fourth-order valence-corrected chi connectivity index (χ4v) is 3.24. The maximum absolute atomic E-state index is 12.1. The van der Waals surface area contributed by atoms with Gasteiger partial charge in [-0.2, -0.15) is 0 Å². The molecule has 26 heavy (non-hydrogen) atoms. The largest absolute Gasteiger partial charge is 0.750 e. The average molecular weight is 375 g/mol. The first-order valence-electron chi connectivity index (χ1n) is 8.68. The summed E-state index contributed by atoms with van der Waals surface area (Å²) in [7, 11) is -2.28. The Hall–Kier alpha value is -1.90. The van der Waals surface area contributed by atoms with E-state index in [2.05, 4.69) is 41.5 Å². The molecule has 0 radical (unpaired) electrons. The van der Waals surface area contributed by atoms with Crippen molar-refractivity contribution in [1.82, 2.24) is 0 Å². The van der Waals surface area contributed by atoms with E-state index in [9.17, 15) is 9.67 Å². The van der Waals surface area contributed by atoms with Crippen molar-refractivity contribution in [3.05, 3.63) is 59.2 Å². The van der Waals surface area contributed by atoms with Crippen LogP contribution in [0.1, 0.15) is 58.2 Å². The molecule has 4 nitrogen and oxygen atoms in total. The minimum atomic E-state index is -2.28. The Morgan fingerprint density at radius 1 is 0.923 bits per heavy atom. The molecule has 0 saturated carbocycles. The molecule has 1 unspecified atom stereocenters. The van der Waals surface area contributed by atoms with Crippen LogP contribution >= 0.6 is 8.25 Å². The molecule has 0 amide bonds. The summed E-state index contributed by atoms with van der Waals surface area (Å²) in [5.74, 6) is 0.823. The van der Waals surface area contributed by atoms with Gasteiger partial charge in [-0.25, -0.2) is 4.52 Å². The molecule has 2 rings (SSSR count). The van der Waals surface area contributed by atoms with Crippen molar-refractivity contribution >= 4 is 8.25 Å². The SMILES string of the molecule is CC(C)(C)c1cc(CO[P+](=O)Oc2ccccc2)cc(C(C)(C)C)c1O. The molecular formula is C21H28O4P+. The first-order valence-corrected chi connectivity index (χ1v) is 9.78. The minimum absolute atomic E-state index is 0.147. The molecule has 0 aromatic heterocycles. The van der Waals surface area contributed by atoms with E-state index >= 15 is 0 Å². The lowest BCUT2D eigenvalue weighted by Gasteiger charge is -2.28. The predicted molar refractivity (Wildman–Crippen MR) is 105 cm³/mol. The quantitative estimate of drug-likeness (QED) is 0.629. The third kappa shape index (κ3) is 5.30. The summed E-state index contributed by atoms with van der Waals surface area (Å²) < 4.78 is 22.8. The molecule has 5 heteroatoms. The third-order valence-corrected chi connectivity index (χ3v) is 4.75. The summed E-state index contributed by atoms with van der Waals surface area (Å²) in [6.07, 6.45) is 0. The maximum atomic E-state index is 12.1. The zero-order chi connectivity index (χ0) is 19.5. The Morgan fingerprint density at radius 2 is 1.42 bits per heavy atom. The highest BCUT2D eigenvalue weighted by Crippen LogP contribution is 2.40. The van der Waals surface area contributed by atoms with E-state index < -0.39 is 8.25 Å². The van der Waals surface area contributed by atoms with Gasteiger partial charge in [-0.15, -0.1) is 4.52 Å². The van der Waals surface area contributed by atoms with Crippen LogP contribution in [0.2, 0.25) is 0 Å². The van der Waals surface area contributed by atoms with Gasteiger partial charge in [0, 0.05) is 4.57 Å². The first kappa shape index (κ1) is 20.4. The number of hydrogen-bond acceptors (Lipinski definition) is 4. The molecule has 0 spiro atoms. The fraction of sp³-hybridized carbons (Fsp3) is 0.429.